The molecule has 84 valence electrons. The normalized spacial score (nSPS) is 24.0. The number of nitrogens with zero attached hydrogens (tertiary/aromatic N) is 1. The second-order valence-corrected chi connectivity index (χ2v) is 4.17. The Labute approximate surface area is 88.6 Å². The van der Waals surface area contributed by atoms with Crippen molar-refractivity contribution >= 4 is 0 Å². The zero-order chi connectivity index (χ0) is 10.2. The maximum atomic E-state index is 5.42. The molecular formula is C12H25NO. The SMILES string of the molecule is CCCC1CCCCN1CCOCC. The van der Waals surface area contributed by atoms with Gasteiger partial charge in [0.1, 0.15) is 0 Å². The molecule has 1 fully saturated rings. The first-order valence-electron chi connectivity index (χ1n) is 6.20. The molecule has 0 aliphatic carbocycles. The largest absolute Gasteiger partial charge is 0.380 e. The van der Waals surface area contributed by atoms with Crippen LogP contribution in [0.15, 0.2) is 0 Å². The molecule has 1 aliphatic rings. The van der Waals surface area contributed by atoms with Gasteiger partial charge in [0, 0.05) is 19.2 Å². The molecule has 2 nitrogen and oxygen atoms in total. The maximum absolute atomic E-state index is 5.42. The van der Waals surface area contributed by atoms with Crippen LogP contribution < -0.4 is 0 Å². The van der Waals surface area contributed by atoms with Crippen molar-refractivity contribution in [2.75, 3.05) is 26.3 Å². The summed E-state index contributed by atoms with van der Waals surface area (Å²) in [6.45, 7) is 8.55. The summed E-state index contributed by atoms with van der Waals surface area (Å²) < 4.78 is 5.42. The van der Waals surface area contributed by atoms with Crippen LogP contribution in [-0.2, 0) is 4.74 Å². The smallest absolute Gasteiger partial charge is 0.0593 e. The Kier molecular flexibility index (Phi) is 6.20. The van der Waals surface area contributed by atoms with Crippen LogP contribution in [0.3, 0.4) is 0 Å². The third-order valence-corrected chi connectivity index (χ3v) is 3.10. The summed E-state index contributed by atoms with van der Waals surface area (Å²) in [5, 5.41) is 0. The summed E-state index contributed by atoms with van der Waals surface area (Å²) in [7, 11) is 0. The summed E-state index contributed by atoms with van der Waals surface area (Å²) in [6.07, 6.45) is 6.89. The van der Waals surface area contributed by atoms with E-state index in [1.807, 2.05) is 0 Å². The third-order valence-electron chi connectivity index (χ3n) is 3.10. The fourth-order valence-electron chi connectivity index (χ4n) is 2.34. The van der Waals surface area contributed by atoms with Crippen LogP contribution in [0.1, 0.15) is 46.0 Å². The van der Waals surface area contributed by atoms with Gasteiger partial charge in [0.2, 0.25) is 0 Å². The molecule has 14 heavy (non-hydrogen) atoms. The van der Waals surface area contributed by atoms with Crippen molar-refractivity contribution in [1.29, 1.82) is 0 Å². The van der Waals surface area contributed by atoms with Crippen LogP contribution in [0.4, 0.5) is 0 Å². The standard InChI is InChI=1S/C12H25NO/c1-3-7-12-8-5-6-9-13(12)10-11-14-4-2/h12H,3-11H2,1-2H3. The lowest BCUT2D eigenvalue weighted by atomic mass is 9.98. The quantitative estimate of drug-likeness (QED) is 0.610. The van der Waals surface area contributed by atoms with Crippen molar-refractivity contribution in [2.45, 2.75) is 52.0 Å². The van der Waals surface area contributed by atoms with E-state index in [0.29, 0.717) is 0 Å². The van der Waals surface area contributed by atoms with Crippen molar-refractivity contribution in [3.63, 3.8) is 0 Å². The van der Waals surface area contributed by atoms with Gasteiger partial charge in [-0.2, -0.15) is 0 Å². The molecule has 0 saturated carbocycles. The first-order valence-corrected chi connectivity index (χ1v) is 6.20. The number of piperidine rings is 1. The first-order chi connectivity index (χ1) is 6.88. The molecule has 1 atom stereocenters. The Bertz CT molecular complexity index is 136. The minimum absolute atomic E-state index is 0.842. The Morgan fingerprint density at radius 3 is 2.86 bits per heavy atom. The van der Waals surface area contributed by atoms with E-state index >= 15 is 0 Å². The third kappa shape index (κ3) is 3.97. The van der Waals surface area contributed by atoms with Crippen molar-refractivity contribution in [2.24, 2.45) is 0 Å². The molecule has 0 spiro atoms. The van der Waals surface area contributed by atoms with Crippen molar-refractivity contribution < 1.29 is 4.74 Å². The Balaban J connectivity index is 2.22. The van der Waals surface area contributed by atoms with Crippen LogP contribution in [0, 0.1) is 0 Å². The van der Waals surface area contributed by atoms with E-state index < -0.39 is 0 Å². The molecule has 0 aromatic heterocycles. The highest BCUT2D eigenvalue weighted by atomic mass is 16.5. The lowest BCUT2D eigenvalue weighted by Crippen LogP contribution is -2.41. The van der Waals surface area contributed by atoms with E-state index in [-0.39, 0.29) is 0 Å². The molecule has 0 aromatic carbocycles. The van der Waals surface area contributed by atoms with Crippen LogP contribution >= 0.6 is 0 Å². The van der Waals surface area contributed by atoms with E-state index in [1.54, 1.807) is 0 Å². The minimum Gasteiger partial charge on any atom is -0.380 e. The summed E-state index contributed by atoms with van der Waals surface area (Å²) in [5.74, 6) is 0. The summed E-state index contributed by atoms with van der Waals surface area (Å²) in [5.41, 5.74) is 0. The second kappa shape index (κ2) is 7.24. The van der Waals surface area contributed by atoms with Crippen LogP contribution in [0.25, 0.3) is 0 Å². The topological polar surface area (TPSA) is 12.5 Å². The molecule has 2 heteroatoms. The van der Waals surface area contributed by atoms with Gasteiger partial charge >= 0.3 is 0 Å². The van der Waals surface area contributed by atoms with Gasteiger partial charge in [-0.15, -0.1) is 0 Å². The maximum Gasteiger partial charge on any atom is 0.0593 e. The molecule has 0 aromatic rings. The summed E-state index contributed by atoms with van der Waals surface area (Å²) in [6, 6.07) is 0.842. The van der Waals surface area contributed by atoms with Crippen molar-refractivity contribution in [3.8, 4) is 0 Å². The second-order valence-electron chi connectivity index (χ2n) is 4.17. The predicted octanol–water partition coefficient (Wildman–Crippen LogP) is 2.68. The Hall–Kier alpha value is -0.0800. The van der Waals surface area contributed by atoms with E-state index in [4.69, 9.17) is 4.74 Å². The molecule has 0 amide bonds. The molecule has 1 heterocycles. The number of hydrogen-bond acceptors (Lipinski definition) is 2. The first kappa shape index (κ1) is 12.0. The van der Waals surface area contributed by atoms with Crippen LogP contribution in [0.2, 0.25) is 0 Å². The fourth-order valence-corrected chi connectivity index (χ4v) is 2.34. The van der Waals surface area contributed by atoms with E-state index in [9.17, 15) is 0 Å². The number of hydrogen-bond donors (Lipinski definition) is 0. The molecule has 1 aliphatic heterocycles. The predicted molar refractivity (Wildman–Crippen MR) is 60.6 cm³/mol. The average molecular weight is 199 g/mol. The fraction of sp³-hybridized carbons (Fsp3) is 1.00. The summed E-state index contributed by atoms with van der Waals surface area (Å²) in [4.78, 5) is 2.63. The number of likely N-dealkylation sites (tertiary alicyclic amines) is 1. The molecule has 1 unspecified atom stereocenters. The highest BCUT2D eigenvalue weighted by molar-refractivity contribution is 4.76. The number of rotatable bonds is 6. The van der Waals surface area contributed by atoms with Crippen LogP contribution in [0.5, 0.6) is 0 Å². The lowest BCUT2D eigenvalue weighted by molar-refractivity contribution is 0.0742. The monoisotopic (exact) mass is 199 g/mol. The Morgan fingerprint density at radius 1 is 1.29 bits per heavy atom. The lowest BCUT2D eigenvalue weighted by Gasteiger charge is -2.35. The van der Waals surface area contributed by atoms with E-state index in [0.717, 1.165) is 25.8 Å². The molecule has 1 rings (SSSR count). The number of ether oxygens (including phenoxy) is 1. The van der Waals surface area contributed by atoms with Gasteiger partial charge in [0.15, 0.2) is 0 Å². The summed E-state index contributed by atoms with van der Waals surface area (Å²) >= 11 is 0. The van der Waals surface area contributed by atoms with Gasteiger partial charge in [0.25, 0.3) is 0 Å². The highest BCUT2D eigenvalue weighted by Crippen LogP contribution is 2.20. The molecule has 0 radical (unpaired) electrons. The molecule has 0 N–H and O–H groups in total. The van der Waals surface area contributed by atoms with Gasteiger partial charge in [0.05, 0.1) is 6.61 Å². The molecule has 1 saturated heterocycles. The molecule has 0 bridgehead atoms. The highest BCUT2D eigenvalue weighted by Gasteiger charge is 2.20. The average Bonchev–Trinajstić information content (AvgIpc) is 2.21. The van der Waals surface area contributed by atoms with Gasteiger partial charge in [-0.3, -0.25) is 4.90 Å². The minimum atomic E-state index is 0.842. The zero-order valence-electron chi connectivity index (χ0n) is 9.80. The Morgan fingerprint density at radius 2 is 2.14 bits per heavy atom. The van der Waals surface area contributed by atoms with Gasteiger partial charge in [-0.05, 0) is 32.7 Å². The van der Waals surface area contributed by atoms with E-state index in [2.05, 4.69) is 18.7 Å². The van der Waals surface area contributed by atoms with Gasteiger partial charge < -0.3 is 4.74 Å². The molecular weight excluding hydrogens is 174 g/mol. The van der Waals surface area contributed by atoms with Gasteiger partial charge in [-0.25, -0.2) is 0 Å². The van der Waals surface area contributed by atoms with E-state index in [1.165, 1.54) is 38.6 Å². The van der Waals surface area contributed by atoms with Gasteiger partial charge in [-0.1, -0.05) is 19.8 Å². The van der Waals surface area contributed by atoms with Crippen LogP contribution in [-0.4, -0.2) is 37.2 Å². The van der Waals surface area contributed by atoms with Crippen molar-refractivity contribution in [3.05, 3.63) is 0 Å². The van der Waals surface area contributed by atoms with Crippen molar-refractivity contribution in [1.82, 2.24) is 4.90 Å². The zero-order valence-corrected chi connectivity index (χ0v) is 9.80.